The molecule has 4 rings (SSSR count). The third-order valence-electron chi connectivity index (χ3n) is 5.63. The van der Waals surface area contributed by atoms with E-state index >= 15 is 0 Å². The number of pyridine rings is 1. The molecule has 0 bridgehead atoms. The summed E-state index contributed by atoms with van der Waals surface area (Å²) in [7, 11) is 1.39. The molecule has 0 spiro atoms. The fourth-order valence-corrected chi connectivity index (χ4v) is 4.99. The first-order valence-corrected chi connectivity index (χ1v) is 12.5. The van der Waals surface area contributed by atoms with Crippen LogP contribution in [0.25, 0.3) is 0 Å². The molecule has 38 heavy (non-hydrogen) atoms. The van der Waals surface area contributed by atoms with E-state index in [1.807, 2.05) is 0 Å². The summed E-state index contributed by atoms with van der Waals surface area (Å²) in [5.74, 6) is -1.24. The SMILES string of the molecule is COc1ccccc1C1C(C(=O)OC(C)C)=C(C(F)(F)F)N=C2SC=C(CC(=O)NCc3cccnc3)N21. The Bertz CT molecular complexity index is 1310. The van der Waals surface area contributed by atoms with Gasteiger partial charge in [-0.25, -0.2) is 9.79 Å². The van der Waals surface area contributed by atoms with Crippen LogP contribution in [-0.2, 0) is 20.9 Å². The molecule has 8 nitrogen and oxygen atoms in total. The fraction of sp³-hybridized carbons (Fsp3) is 0.308. The van der Waals surface area contributed by atoms with Crippen molar-refractivity contribution in [2.24, 2.45) is 4.99 Å². The predicted molar refractivity (Wildman–Crippen MR) is 136 cm³/mol. The number of carbonyl (C=O) groups is 2. The number of amides is 1. The maximum Gasteiger partial charge on any atom is 0.434 e. The van der Waals surface area contributed by atoms with Crippen molar-refractivity contribution in [3.8, 4) is 5.75 Å². The third kappa shape index (κ3) is 5.85. The van der Waals surface area contributed by atoms with Crippen molar-refractivity contribution < 1.29 is 32.2 Å². The highest BCUT2D eigenvalue weighted by atomic mass is 32.2. The molecule has 1 amide bonds. The highest BCUT2D eigenvalue weighted by Gasteiger charge is 2.50. The van der Waals surface area contributed by atoms with Gasteiger partial charge in [0.2, 0.25) is 5.91 Å². The molecule has 2 aliphatic heterocycles. The number of methoxy groups -OCH3 is 1. The van der Waals surface area contributed by atoms with E-state index in [4.69, 9.17) is 9.47 Å². The van der Waals surface area contributed by atoms with Crippen molar-refractivity contribution in [2.75, 3.05) is 7.11 Å². The molecule has 0 saturated carbocycles. The number of nitrogens with zero attached hydrogens (tertiary/aromatic N) is 3. The van der Waals surface area contributed by atoms with Crippen LogP contribution in [0, 0.1) is 0 Å². The summed E-state index contributed by atoms with van der Waals surface area (Å²) in [6.45, 7) is 3.32. The predicted octanol–water partition coefficient (Wildman–Crippen LogP) is 4.87. The Hall–Kier alpha value is -3.80. The molecule has 3 heterocycles. The number of carbonyl (C=O) groups excluding carboxylic acids is 2. The van der Waals surface area contributed by atoms with Crippen molar-refractivity contribution in [3.63, 3.8) is 0 Å². The average Bonchev–Trinajstić information content (AvgIpc) is 3.28. The van der Waals surface area contributed by atoms with Gasteiger partial charge < -0.3 is 19.7 Å². The number of hydrogen-bond acceptors (Lipinski definition) is 8. The molecule has 1 aromatic heterocycles. The van der Waals surface area contributed by atoms with Gasteiger partial charge in [0.1, 0.15) is 5.75 Å². The number of allylic oxidation sites excluding steroid dienone is 1. The number of esters is 1. The number of para-hydroxylation sites is 1. The summed E-state index contributed by atoms with van der Waals surface area (Å²) in [6.07, 6.45) is -2.53. The standard InChI is InChI=1S/C26H25F3N4O4S/c1-15(2)37-24(35)21-22(18-8-4-5-9-19(18)36-3)33-17(14-38-25(33)32-23(21)26(27,28)29)11-20(34)31-13-16-7-6-10-30-12-16/h4-10,12,14-15,22H,11,13H2,1-3H3,(H,31,34). The number of nitrogens with one attached hydrogen (secondary N) is 1. The van der Waals surface area contributed by atoms with E-state index in [1.165, 1.54) is 12.0 Å². The molecular formula is C26H25F3N4O4S. The summed E-state index contributed by atoms with van der Waals surface area (Å²) in [4.78, 5) is 35.4. The number of alkyl halides is 3. The van der Waals surface area contributed by atoms with Gasteiger partial charge in [-0.3, -0.25) is 9.78 Å². The Labute approximate surface area is 221 Å². The average molecular weight is 547 g/mol. The fourth-order valence-electron chi connectivity index (χ4n) is 4.07. The maximum absolute atomic E-state index is 14.3. The lowest BCUT2D eigenvalue weighted by molar-refractivity contribution is -0.145. The minimum absolute atomic E-state index is 0.00983. The van der Waals surface area contributed by atoms with Crippen LogP contribution >= 0.6 is 11.8 Å². The van der Waals surface area contributed by atoms with Gasteiger partial charge in [0, 0.05) is 30.2 Å². The summed E-state index contributed by atoms with van der Waals surface area (Å²) in [6, 6.07) is 8.72. The largest absolute Gasteiger partial charge is 0.496 e. The molecule has 0 fully saturated rings. The summed E-state index contributed by atoms with van der Waals surface area (Å²) < 4.78 is 53.5. The normalized spacial score (nSPS) is 17.1. The van der Waals surface area contributed by atoms with Gasteiger partial charge in [-0.2, -0.15) is 13.2 Å². The summed E-state index contributed by atoms with van der Waals surface area (Å²) >= 11 is 0.947. The number of aromatic nitrogens is 1. The summed E-state index contributed by atoms with van der Waals surface area (Å²) in [5.41, 5.74) is -0.551. The van der Waals surface area contributed by atoms with Gasteiger partial charge in [0.05, 0.1) is 31.2 Å². The first kappa shape index (κ1) is 27.2. The van der Waals surface area contributed by atoms with Crippen LogP contribution in [-0.4, -0.2) is 46.3 Å². The molecule has 12 heteroatoms. The Morgan fingerprint density at radius 1 is 1.18 bits per heavy atom. The van der Waals surface area contributed by atoms with Gasteiger partial charge in [-0.1, -0.05) is 36.0 Å². The molecule has 2 aliphatic rings. The van der Waals surface area contributed by atoms with Crippen LogP contribution < -0.4 is 10.1 Å². The van der Waals surface area contributed by atoms with Crippen LogP contribution in [0.5, 0.6) is 5.75 Å². The van der Waals surface area contributed by atoms with E-state index in [9.17, 15) is 22.8 Å². The minimum atomic E-state index is -4.94. The highest BCUT2D eigenvalue weighted by molar-refractivity contribution is 8.16. The number of fused-ring (bicyclic) bond motifs is 1. The Balaban J connectivity index is 1.75. The van der Waals surface area contributed by atoms with E-state index in [-0.39, 0.29) is 29.8 Å². The second-order valence-corrected chi connectivity index (χ2v) is 9.50. The van der Waals surface area contributed by atoms with Crippen LogP contribution in [0.4, 0.5) is 13.2 Å². The molecule has 2 aromatic rings. The first-order valence-electron chi connectivity index (χ1n) is 11.6. The number of aliphatic imine (C=N–C) groups is 1. The smallest absolute Gasteiger partial charge is 0.434 e. The number of benzene rings is 1. The zero-order valence-electron chi connectivity index (χ0n) is 20.8. The van der Waals surface area contributed by atoms with E-state index in [2.05, 4.69) is 15.3 Å². The minimum Gasteiger partial charge on any atom is -0.496 e. The number of hydrogen-bond donors (Lipinski definition) is 1. The van der Waals surface area contributed by atoms with Gasteiger partial charge in [0.15, 0.2) is 10.9 Å². The zero-order chi connectivity index (χ0) is 27.4. The Kier molecular flexibility index (Phi) is 8.10. The molecule has 200 valence electrons. The molecule has 1 N–H and O–H groups in total. The lowest BCUT2D eigenvalue weighted by Crippen LogP contribution is -2.40. The number of rotatable bonds is 8. The Morgan fingerprint density at radius 2 is 1.95 bits per heavy atom. The van der Waals surface area contributed by atoms with Crippen LogP contribution in [0.2, 0.25) is 0 Å². The van der Waals surface area contributed by atoms with Crippen molar-refractivity contribution in [1.82, 2.24) is 15.2 Å². The van der Waals surface area contributed by atoms with Crippen molar-refractivity contribution in [3.05, 3.63) is 82.3 Å². The topological polar surface area (TPSA) is 93.1 Å². The molecule has 0 radical (unpaired) electrons. The van der Waals surface area contributed by atoms with E-state index in [0.29, 0.717) is 11.3 Å². The number of ether oxygens (including phenoxy) is 2. The maximum atomic E-state index is 14.3. The van der Waals surface area contributed by atoms with Crippen molar-refractivity contribution in [2.45, 2.75) is 45.1 Å². The molecule has 1 unspecified atom stereocenters. The van der Waals surface area contributed by atoms with Crippen LogP contribution in [0.3, 0.4) is 0 Å². The number of amidine groups is 1. The second kappa shape index (κ2) is 11.3. The van der Waals surface area contributed by atoms with Gasteiger partial charge in [0.25, 0.3) is 0 Å². The van der Waals surface area contributed by atoms with Gasteiger partial charge in [-0.05, 0) is 37.0 Å². The molecular weight excluding hydrogens is 521 g/mol. The molecule has 0 saturated heterocycles. The van der Waals surface area contributed by atoms with E-state index in [0.717, 1.165) is 17.3 Å². The number of thioether (sulfide) groups is 1. The third-order valence-corrected chi connectivity index (χ3v) is 6.52. The number of halogens is 3. The lowest BCUT2D eigenvalue weighted by Gasteiger charge is -2.37. The van der Waals surface area contributed by atoms with Gasteiger partial charge in [-0.15, -0.1) is 0 Å². The van der Waals surface area contributed by atoms with Gasteiger partial charge >= 0.3 is 12.1 Å². The Morgan fingerprint density at radius 3 is 2.61 bits per heavy atom. The molecule has 1 aromatic carbocycles. The van der Waals surface area contributed by atoms with Crippen LogP contribution in [0.15, 0.2) is 76.2 Å². The lowest BCUT2D eigenvalue weighted by atomic mass is 9.92. The van der Waals surface area contributed by atoms with Crippen molar-refractivity contribution in [1.29, 1.82) is 0 Å². The second-order valence-electron chi connectivity index (χ2n) is 8.66. The molecule has 1 atom stereocenters. The van der Waals surface area contributed by atoms with Crippen LogP contribution in [0.1, 0.15) is 37.4 Å². The van der Waals surface area contributed by atoms with E-state index in [1.54, 1.807) is 68.0 Å². The first-order chi connectivity index (χ1) is 18.1. The highest BCUT2D eigenvalue weighted by Crippen LogP contribution is 2.49. The van der Waals surface area contributed by atoms with Crippen molar-refractivity contribution >= 4 is 28.8 Å². The summed E-state index contributed by atoms with van der Waals surface area (Å²) in [5, 5.41) is 4.34. The quantitative estimate of drug-likeness (QED) is 0.473. The monoisotopic (exact) mass is 546 g/mol. The zero-order valence-corrected chi connectivity index (χ0v) is 21.6. The molecule has 0 aliphatic carbocycles. The van der Waals surface area contributed by atoms with E-state index < -0.39 is 35.6 Å².